The zero-order valence-electron chi connectivity index (χ0n) is 22.1. The van der Waals surface area contributed by atoms with E-state index >= 15 is 0 Å². The van der Waals surface area contributed by atoms with Crippen molar-refractivity contribution in [2.24, 2.45) is 4.99 Å². The number of nitriles is 1. The number of ether oxygens (including phenoxy) is 2. The third-order valence-corrected chi connectivity index (χ3v) is 8.32. The largest absolute Gasteiger partial charge is 0.489 e. The predicted molar refractivity (Wildman–Crippen MR) is 156 cm³/mol. The van der Waals surface area contributed by atoms with Crippen LogP contribution in [0.3, 0.4) is 0 Å². The summed E-state index contributed by atoms with van der Waals surface area (Å²) >= 11 is 2.82. The Labute approximate surface area is 239 Å². The van der Waals surface area contributed by atoms with Crippen molar-refractivity contribution >= 4 is 34.7 Å². The number of carbonyl (C=O) groups excluding carboxylic acids is 1. The molecule has 2 aromatic heterocycles. The van der Waals surface area contributed by atoms with E-state index in [0.29, 0.717) is 38.3 Å². The van der Waals surface area contributed by atoms with Crippen molar-refractivity contribution in [1.29, 1.82) is 5.26 Å². The van der Waals surface area contributed by atoms with Crippen molar-refractivity contribution in [1.82, 2.24) is 4.57 Å². The van der Waals surface area contributed by atoms with Gasteiger partial charge in [0.05, 0.1) is 34.0 Å². The molecule has 9 heteroatoms. The van der Waals surface area contributed by atoms with Crippen LogP contribution < -0.4 is 19.6 Å². The van der Waals surface area contributed by atoms with Crippen LogP contribution in [0.2, 0.25) is 0 Å². The SMILES string of the molecule is CCCC1=C(C(=O)OCC)[C@H](c2cccs2)n2c(s/c(=C/c3ccc(OCc4ccccc4C#N)cc3)c2=O)=N1. The van der Waals surface area contributed by atoms with E-state index in [1.54, 1.807) is 17.6 Å². The minimum Gasteiger partial charge on any atom is -0.489 e. The molecular weight excluding hydrogens is 542 g/mol. The Bertz CT molecular complexity index is 1780. The summed E-state index contributed by atoms with van der Waals surface area (Å²) in [5, 5.41) is 11.2. The Balaban J connectivity index is 1.49. The van der Waals surface area contributed by atoms with E-state index in [1.165, 1.54) is 22.7 Å². The van der Waals surface area contributed by atoms with Crippen molar-refractivity contribution in [3.8, 4) is 11.8 Å². The van der Waals surface area contributed by atoms with Crippen LogP contribution in [0.4, 0.5) is 0 Å². The molecule has 1 aliphatic rings. The van der Waals surface area contributed by atoms with Crippen LogP contribution in [-0.4, -0.2) is 17.1 Å². The fourth-order valence-electron chi connectivity index (χ4n) is 4.56. The number of aromatic nitrogens is 1. The molecule has 202 valence electrons. The summed E-state index contributed by atoms with van der Waals surface area (Å²) in [5.74, 6) is 0.225. The molecule has 4 aromatic rings. The first-order chi connectivity index (χ1) is 19.5. The Morgan fingerprint density at radius 2 is 1.93 bits per heavy atom. The number of thiophene rings is 1. The van der Waals surface area contributed by atoms with Crippen LogP contribution in [0.25, 0.3) is 6.08 Å². The average molecular weight is 570 g/mol. The summed E-state index contributed by atoms with van der Waals surface area (Å²) in [6.45, 7) is 4.34. The van der Waals surface area contributed by atoms with E-state index in [9.17, 15) is 14.9 Å². The van der Waals surface area contributed by atoms with Gasteiger partial charge >= 0.3 is 5.97 Å². The van der Waals surface area contributed by atoms with Gasteiger partial charge < -0.3 is 9.47 Å². The Morgan fingerprint density at radius 1 is 1.12 bits per heavy atom. The van der Waals surface area contributed by atoms with Gasteiger partial charge in [-0.1, -0.05) is 61.1 Å². The number of thiazole rings is 1. The van der Waals surface area contributed by atoms with E-state index in [1.807, 2.05) is 73.0 Å². The lowest BCUT2D eigenvalue weighted by atomic mass is 9.99. The monoisotopic (exact) mass is 569 g/mol. The van der Waals surface area contributed by atoms with Crippen molar-refractivity contribution in [2.75, 3.05) is 6.61 Å². The third-order valence-electron chi connectivity index (χ3n) is 6.41. The molecule has 40 heavy (non-hydrogen) atoms. The number of hydrogen-bond acceptors (Lipinski definition) is 8. The van der Waals surface area contributed by atoms with E-state index in [4.69, 9.17) is 14.5 Å². The van der Waals surface area contributed by atoms with Gasteiger partial charge in [0, 0.05) is 10.4 Å². The molecule has 0 saturated carbocycles. The third kappa shape index (κ3) is 5.55. The van der Waals surface area contributed by atoms with E-state index in [2.05, 4.69) is 6.07 Å². The minimum absolute atomic E-state index is 0.201. The number of carbonyl (C=O) groups is 1. The molecule has 0 N–H and O–H groups in total. The molecule has 0 bridgehead atoms. The molecule has 1 atom stereocenters. The molecule has 0 radical (unpaired) electrons. The Kier molecular flexibility index (Phi) is 8.39. The highest BCUT2D eigenvalue weighted by Gasteiger charge is 2.34. The minimum atomic E-state index is -0.578. The van der Waals surface area contributed by atoms with Crippen molar-refractivity contribution in [3.05, 3.63) is 119 Å². The fourth-order valence-corrected chi connectivity index (χ4v) is 6.41. The number of esters is 1. The highest BCUT2D eigenvalue weighted by molar-refractivity contribution is 7.10. The molecule has 0 unspecified atom stereocenters. The zero-order valence-corrected chi connectivity index (χ0v) is 23.8. The van der Waals surface area contributed by atoms with E-state index in [0.717, 1.165) is 22.4 Å². The first-order valence-electron chi connectivity index (χ1n) is 13.0. The molecular formula is C31H27N3O4S2. The molecule has 0 spiro atoms. The highest BCUT2D eigenvalue weighted by Crippen LogP contribution is 2.34. The molecule has 5 rings (SSSR count). The maximum absolute atomic E-state index is 13.8. The average Bonchev–Trinajstić information content (AvgIpc) is 3.61. The zero-order chi connectivity index (χ0) is 28.1. The highest BCUT2D eigenvalue weighted by atomic mass is 32.1. The number of benzene rings is 2. The predicted octanol–water partition coefficient (Wildman–Crippen LogP) is 5.09. The van der Waals surface area contributed by atoms with Crippen LogP contribution in [0.15, 0.2) is 87.1 Å². The maximum atomic E-state index is 13.8. The number of allylic oxidation sites excluding steroid dienone is 1. The molecule has 1 aliphatic heterocycles. The molecule has 3 heterocycles. The molecule has 0 fully saturated rings. The lowest BCUT2D eigenvalue weighted by Crippen LogP contribution is -2.39. The second-order valence-electron chi connectivity index (χ2n) is 9.06. The number of nitrogens with zero attached hydrogens (tertiary/aromatic N) is 3. The summed E-state index contributed by atoms with van der Waals surface area (Å²) in [6, 6.07) is 20.2. The number of rotatable bonds is 9. The maximum Gasteiger partial charge on any atom is 0.338 e. The van der Waals surface area contributed by atoms with Gasteiger partial charge in [0.1, 0.15) is 18.4 Å². The van der Waals surface area contributed by atoms with Gasteiger partial charge in [-0.25, -0.2) is 9.79 Å². The molecule has 0 aliphatic carbocycles. The molecule has 7 nitrogen and oxygen atoms in total. The van der Waals surface area contributed by atoms with E-state index in [-0.39, 0.29) is 18.8 Å². The Hall–Kier alpha value is -4.26. The van der Waals surface area contributed by atoms with Crippen molar-refractivity contribution in [3.63, 3.8) is 0 Å². The summed E-state index contributed by atoms with van der Waals surface area (Å²) in [5.41, 5.74) is 3.15. The number of fused-ring (bicyclic) bond motifs is 1. The summed E-state index contributed by atoms with van der Waals surface area (Å²) in [6.07, 6.45) is 3.25. The summed E-state index contributed by atoms with van der Waals surface area (Å²) < 4.78 is 13.4. The summed E-state index contributed by atoms with van der Waals surface area (Å²) in [7, 11) is 0. The van der Waals surface area contributed by atoms with Crippen LogP contribution in [0, 0.1) is 11.3 Å². The van der Waals surface area contributed by atoms with Crippen molar-refractivity contribution < 1.29 is 14.3 Å². The van der Waals surface area contributed by atoms with Crippen LogP contribution in [0.5, 0.6) is 5.75 Å². The first kappa shape index (κ1) is 27.3. The smallest absolute Gasteiger partial charge is 0.338 e. The summed E-state index contributed by atoms with van der Waals surface area (Å²) in [4.78, 5) is 33.1. The standard InChI is InChI=1S/C31H27N3O4S2/c1-3-8-24-27(30(36)37-4-2)28(25-11-7-16-39-25)34-29(35)26(40-31(34)33-24)17-20-12-14-23(15-13-20)38-19-22-10-6-5-9-21(22)18-32/h5-7,9-17,28H,3-4,8,19H2,1-2H3/b26-17+/t28-/m0/s1. The number of hydrogen-bond donors (Lipinski definition) is 0. The second kappa shape index (κ2) is 12.3. The fraction of sp³-hybridized carbons (Fsp3) is 0.226. The molecule has 2 aromatic carbocycles. The van der Waals surface area contributed by atoms with Gasteiger partial charge in [0.25, 0.3) is 5.56 Å². The van der Waals surface area contributed by atoms with Crippen molar-refractivity contribution in [2.45, 2.75) is 39.3 Å². The van der Waals surface area contributed by atoms with Gasteiger partial charge in [0.2, 0.25) is 0 Å². The van der Waals surface area contributed by atoms with Gasteiger partial charge in [0.15, 0.2) is 4.80 Å². The lowest BCUT2D eigenvalue weighted by molar-refractivity contribution is -0.139. The van der Waals surface area contributed by atoms with Gasteiger partial charge in [-0.2, -0.15) is 5.26 Å². The topological polar surface area (TPSA) is 93.7 Å². The molecule has 0 saturated heterocycles. The van der Waals surface area contributed by atoms with E-state index < -0.39 is 12.0 Å². The van der Waals surface area contributed by atoms with Crippen LogP contribution >= 0.6 is 22.7 Å². The first-order valence-corrected chi connectivity index (χ1v) is 14.7. The van der Waals surface area contributed by atoms with Gasteiger partial charge in [-0.15, -0.1) is 11.3 Å². The normalized spacial score (nSPS) is 14.8. The second-order valence-corrected chi connectivity index (χ2v) is 11.0. The Morgan fingerprint density at radius 3 is 2.62 bits per heavy atom. The quantitative estimate of drug-likeness (QED) is 0.262. The molecule has 0 amide bonds. The van der Waals surface area contributed by atoms with Gasteiger partial charge in [-0.05, 0) is 54.6 Å². The lowest BCUT2D eigenvalue weighted by Gasteiger charge is -2.24. The van der Waals surface area contributed by atoms with Gasteiger partial charge in [-0.3, -0.25) is 9.36 Å². The van der Waals surface area contributed by atoms with Crippen LogP contribution in [-0.2, 0) is 16.1 Å². The van der Waals surface area contributed by atoms with Crippen LogP contribution in [0.1, 0.15) is 54.3 Å².